The van der Waals surface area contributed by atoms with Gasteiger partial charge in [0.15, 0.2) is 0 Å². The first-order chi connectivity index (χ1) is 13.2. The molecule has 0 amide bonds. The van der Waals surface area contributed by atoms with E-state index in [-0.39, 0.29) is 11.4 Å². The molecule has 1 aromatic heterocycles. The number of rotatable bonds is 4. The Kier molecular flexibility index (Phi) is 5.84. The zero-order chi connectivity index (χ0) is 18.6. The van der Waals surface area contributed by atoms with Crippen molar-refractivity contribution in [3.05, 3.63) is 52.3 Å². The zero-order valence-corrected chi connectivity index (χ0v) is 16.5. The largest absolute Gasteiger partial charge is 0.369 e. The van der Waals surface area contributed by atoms with Crippen LogP contribution >= 0.6 is 11.6 Å². The molecule has 0 bridgehead atoms. The van der Waals surface area contributed by atoms with Gasteiger partial charge in [0.2, 0.25) is 0 Å². The van der Waals surface area contributed by atoms with E-state index in [0.29, 0.717) is 5.56 Å². The molecule has 2 aliphatic rings. The van der Waals surface area contributed by atoms with E-state index in [4.69, 9.17) is 11.6 Å². The second-order valence-corrected chi connectivity index (χ2v) is 7.99. The molecule has 0 radical (unpaired) electrons. The van der Waals surface area contributed by atoms with Gasteiger partial charge in [-0.3, -0.25) is 9.69 Å². The summed E-state index contributed by atoms with van der Waals surface area (Å²) in [6, 6.07) is 13.1. The number of aromatic amines is 1. The maximum Gasteiger partial charge on any atom is 0.252 e. The summed E-state index contributed by atoms with van der Waals surface area (Å²) in [5.74, 6) is 0.237. The molecule has 0 spiro atoms. The molecule has 2 aromatic rings. The maximum atomic E-state index is 12.0. The van der Waals surface area contributed by atoms with Crippen LogP contribution in [0.5, 0.6) is 0 Å². The molecule has 144 valence electrons. The highest BCUT2D eigenvalue weighted by Gasteiger charge is 2.25. The Morgan fingerprint density at radius 3 is 2.26 bits per heavy atom. The third-order valence-electron chi connectivity index (χ3n) is 6.08. The number of alkyl halides is 1. The highest BCUT2D eigenvalue weighted by molar-refractivity contribution is 6.17. The summed E-state index contributed by atoms with van der Waals surface area (Å²) in [5.41, 5.74) is 3.63. The molecule has 1 aliphatic carbocycles. The van der Waals surface area contributed by atoms with Gasteiger partial charge in [-0.1, -0.05) is 37.5 Å². The molecule has 4 nitrogen and oxygen atoms in total. The van der Waals surface area contributed by atoms with Crippen molar-refractivity contribution in [1.29, 1.82) is 0 Å². The van der Waals surface area contributed by atoms with Crippen LogP contribution in [-0.2, 0) is 5.88 Å². The first-order valence-corrected chi connectivity index (χ1v) is 10.7. The predicted molar refractivity (Wildman–Crippen MR) is 113 cm³/mol. The summed E-state index contributed by atoms with van der Waals surface area (Å²) in [7, 11) is 0. The first kappa shape index (κ1) is 18.6. The van der Waals surface area contributed by atoms with Gasteiger partial charge in [0.05, 0.1) is 5.88 Å². The number of H-pyrrole nitrogens is 1. The topological polar surface area (TPSA) is 39.3 Å². The molecular formula is C22H28ClN3O. The first-order valence-electron chi connectivity index (χ1n) is 10.1. The van der Waals surface area contributed by atoms with Crippen molar-refractivity contribution in [3.8, 4) is 11.3 Å². The van der Waals surface area contributed by atoms with Crippen molar-refractivity contribution in [2.24, 2.45) is 0 Å². The molecule has 2 fully saturated rings. The molecule has 0 atom stereocenters. The number of piperazine rings is 1. The van der Waals surface area contributed by atoms with Gasteiger partial charge in [0.25, 0.3) is 5.56 Å². The van der Waals surface area contributed by atoms with Gasteiger partial charge in [-0.25, -0.2) is 0 Å². The summed E-state index contributed by atoms with van der Waals surface area (Å²) in [6.45, 7) is 4.52. The molecule has 1 N–H and O–H groups in total. The summed E-state index contributed by atoms with van der Waals surface area (Å²) in [5, 5.41) is 0. The molecule has 1 saturated carbocycles. The highest BCUT2D eigenvalue weighted by atomic mass is 35.5. The quantitative estimate of drug-likeness (QED) is 0.800. The molecule has 1 saturated heterocycles. The number of anilines is 1. The fraction of sp³-hybridized carbons (Fsp3) is 0.500. The van der Waals surface area contributed by atoms with Gasteiger partial charge in [-0.05, 0) is 36.6 Å². The third-order valence-corrected chi connectivity index (χ3v) is 6.37. The highest BCUT2D eigenvalue weighted by Crippen LogP contribution is 2.26. The average molecular weight is 386 g/mol. The van der Waals surface area contributed by atoms with Crippen LogP contribution in [0.15, 0.2) is 41.2 Å². The van der Waals surface area contributed by atoms with Crippen LogP contribution in [0.3, 0.4) is 0 Å². The normalized spacial score (nSPS) is 19.4. The number of hydrogen-bond donors (Lipinski definition) is 1. The molecule has 4 rings (SSSR count). The van der Waals surface area contributed by atoms with E-state index in [0.717, 1.165) is 30.4 Å². The molecule has 1 aliphatic heterocycles. The van der Waals surface area contributed by atoms with Crippen molar-refractivity contribution >= 4 is 17.3 Å². The SMILES string of the molecule is O=c1[nH]c(-c2ccc(N3CCN(C4CCCCC4)CC3)cc2)ccc1CCl. The van der Waals surface area contributed by atoms with Crippen molar-refractivity contribution in [3.63, 3.8) is 0 Å². The van der Waals surface area contributed by atoms with Crippen LogP contribution in [0.2, 0.25) is 0 Å². The monoisotopic (exact) mass is 385 g/mol. The standard InChI is InChI=1S/C22H28ClN3O/c23-16-18-8-11-21(24-22(18)27)17-6-9-20(10-7-17)26-14-12-25(13-15-26)19-4-2-1-3-5-19/h6-11,19H,1-5,12-16H2,(H,24,27). The Morgan fingerprint density at radius 2 is 1.63 bits per heavy atom. The van der Waals surface area contributed by atoms with Gasteiger partial charge in [0, 0.05) is 49.2 Å². The smallest absolute Gasteiger partial charge is 0.252 e. The maximum absolute atomic E-state index is 12.0. The van der Waals surface area contributed by atoms with Crippen LogP contribution in [0.1, 0.15) is 37.7 Å². The van der Waals surface area contributed by atoms with Crippen molar-refractivity contribution in [2.45, 2.75) is 44.0 Å². The lowest BCUT2D eigenvalue weighted by Crippen LogP contribution is -2.50. The summed E-state index contributed by atoms with van der Waals surface area (Å²) < 4.78 is 0. The van der Waals surface area contributed by atoms with Crippen LogP contribution in [0, 0.1) is 0 Å². The van der Waals surface area contributed by atoms with E-state index in [1.807, 2.05) is 6.07 Å². The molecule has 27 heavy (non-hydrogen) atoms. The lowest BCUT2D eigenvalue weighted by atomic mass is 9.94. The van der Waals surface area contributed by atoms with Gasteiger partial charge in [0.1, 0.15) is 0 Å². The van der Waals surface area contributed by atoms with E-state index in [1.54, 1.807) is 6.07 Å². The third kappa shape index (κ3) is 4.22. The van der Waals surface area contributed by atoms with Crippen molar-refractivity contribution < 1.29 is 0 Å². The molecule has 1 aromatic carbocycles. The number of nitrogens with one attached hydrogen (secondary N) is 1. The van der Waals surface area contributed by atoms with Crippen LogP contribution in [0.4, 0.5) is 5.69 Å². The number of halogens is 1. The van der Waals surface area contributed by atoms with E-state index in [2.05, 4.69) is 39.0 Å². The van der Waals surface area contributed by atoms with Gasteiger partial charge >= 0.3 is 0 Å². The average Bonchev–Trinajstić information content (AvgIpc) is 2.74. The fourth-order valence-corrected chi connectivity index (χ4v) is 4.63. The zero-order valence-electron chi connectivity index (χ0n) is 15.8. The Bertz CT molecular complexity index is 803. The second-order valence-electron chi connectivity index (χ2n) is 7.72. The van der Waals surface area contributed by atoms with Gasteiger partial charge in [-0.2, -0.15) is 0 Å². The van der Waals surface area contributed by atoms with Crippen molar-refractivity contribution in [2.75, 3.05) is 31.1 Å². The van der Waals surface area contributed by atoms with E-state index in [9.17, 15) is 4.79 Å². The Labute approximate surface area is 166 Å². The minimum atomic E-state index is -0.106. The Morgan fingerprint density at radius 1 is 0.926 bits per heavy atom. The minimum absolute atomic E-state index is 0.106. The summed E-state index contributed by atoms with van der Waals surface area (Å²) in [4.78, 5) is 20.1. The van der Waals surface area contributed by atoms with Crippen LogP contribution in [0.25, 0.3) is 11.3 Å². The van der Waals surface area contributed by atoms with E-state index >= 15 is 0 Å². The van der Waals surface area contributed by atoms with E-state index in [1.165, 1.54) is 50.9 Å². The molecule has 5 heteroatoms. The number of aromatic nitrogens is 1. The second kappa shape index (κ2) is 8.49. The Balaban J connectivity index is 1.39. The Hall–Kier alpha value is -1.78. The lowest BCUT2D eigenvalue weighted by Gasteiger charge is -2.41. The predicted octanol–water partition coefficient (Wildman–Crippen LogP) is 4.24. The van der Waals surface area contributed by atoms with Gasteiger partial charge < -0.3 is 9.88 Å². The molecular weight excluding hydrogens is 358 g/mol. The molecule has 2 heterocycles. The minimum Gasteiger partial charge on any atom is -0.369 e. The lowest BCUT2D eigenvalue weighted by molar-refractivity contribution is 0.148. The van der Waals surface area contributed by atoms with Crippen LogP contribution < -0.4 is 10.5 Å². The number of hydrogen-bond acceptors (Lipinski definition) is 3. The summed E-state index contributed by atoms with van der Waals surface area (Å²) in [6.07, 6.45) is 6.99. The van der Waals surface area contributed by atoms with Gasteiger partial charge in [-0.15, -0.1) is 11.6 Å². The molecule has 0 unspecified atom stereocenters. The number of pyridine rings is 1. The van der Waals surface area contributed by atoms with E-state index < -0.39 is 0 Å². The van der Waals surface area contributed by atoms with Crippen molar-refractivity contribution in [1.82, 2.24) is 9.88 Å². The summed E-state index contributed by atoms with van der Waals surface area (Å²) >= 11 is 5.77. The number of nitrogens with zero attached hydrogens (tertiary/aromatic N) is 2. The van der Waals surface area contributed by atoms with Crippen LogP contribution in [-0.4, -0.2) is 42.1 Å². The fourth-order valence-electron chi connectivity index (χ4n) is 4.42. The number of benzene rings is 1.